The minimum Gasteiger partial charge on any atom is -0.311 e. The third kappa shape index (κ3) is 2.14. The van der Waals surface area contributed by atoms with Gasteiger partial charge in [-0.25, -0.2) is 0 Å². The lowest BCUT2D eigenvalue weighted by Crippen LogP contribution is -2.47. The van der Waals surface area contributed by atoms with Crippen LogP contribution in [-0.4, -0.2) is 24.2 Å². The molecule has 3 unspecified atom stereocenters. The molecule has 2 saturated heterocycles. The van der Waals surface area contributed by atoms with Crippen molar-refractivity contribution in [1.29, 1.82) is 0 Å². The number of rotatable bonds is 3. The first kappa shape index (κ1) is 11.0. The molecule has 2 N–H and O–H groups in total. The summed E-state index contributed by atoms with van der Waals surface area (Å²) >= 11 is 0. The van der Waals surface area contributed by atoms with Crippen molar-refractivity contribution in [2.24, 2.45) is 5.92 Å². The van der Waals surface area contributed by atoms with Gasteiger partial charge in [0.15, 0.2) is 0 Å². The summed E-state index contributed by atoms with van der Waals surface area (Å²) in [6.45, 7) is 3.69. The van der Waals surface area contributed by atoms with Gasteiger partial charge in [0.1, 0.15) is 0 Å². The van der Waals surface area contributed by atoms with Crippen LogP contribution in [0.2, 0.25) is 0 Å². The second-order valence-corrected chi connectivity index (χ2v) is 6.55. The monoisotopic (exact) mass is 222 g/mol. The molecule has 2 aliphatic heterocycles. The summed E-state index contributed by atoms with van der Waals surface area (Å²) in [7, 11) is 0. The van der Waals surface area contributed by atoms with Crippen LogP contribution >= 0.6 is 0 Å². The average molecular weight is 222 g/mol. The van der Waals surface area contributed by atoms with Gasteiger partial charge in [0.2, 0.25) is 0 Å². The molecular formula is C14H26N2. The minimum absolute atomic E-state index is 0.458. The third-order valence-electron chi connectivity index (χ3n) is 5.18. The van der Waals surface area contributed by atoms with E-state index in [1.807, 2.05) is 0 Å². The summed E-state index contributed by atoms with van der Waals surface area (Å²) < 4.78 is 0. The van der Waals surface area contributed by atoms with Gasteiger partial charge in [-0.05, 0) is 44.9 Å². The average Bonchev–Trinajstić information content (AvgIpc) is 2.89. The van der Waals surface area contributed by atoms with Gasteiger partial charge in [0, 0.05) is 24.2 Å². The van der Waals surface area contributed by atoms with E-state index in [-0.39, 0.29) is 0 Å². The highest BCUT2D eigenvalue weighted by Gasteiger charge is 2.39. The maximum Gasteiger partial charge on any atom is 0.0153 e. The van der Waals surface area contributed by atoms with Gasteiger partial charge in [0.25, 0.3) is 0 Å². The first-order valence-corrected chi connectivity index (χ1v) is 7.26. The van der Waals surface area contributed by atoms with Gasteiger partial charge in [-0.3, -0.25) is 0 Å². The Hall–Kier alpha value is -0.0800. The van der Waals surface area contributed by atoms with Crippen molar-refractivity contribution in [2.75, 3.05) is 6.54 Å². The molecule has 0 aromatic rings. The lowest BCUT2D eigenvalue weighted by molar-refractivity contribution is 0.231. The molecule has 1 aliphatic carbocycles. The van der Waals surface area contributed by atoms with E-state index in [0.717, 1.165) is 18.0 Å². The van der Waals surface area contributed by atoms with Crippen LogP contribution < -0.4 is 10.6 Å². The Balaban J connectivity index is 1.49. The maximum atomic E-state index is 3.88. The highest BCUT2D eigenvalue weighted by molar-refractivity contribution is 4.99. The Morgan fingerprint density at radius 2 is 2.00 bits per heavy atom. The molecule has 16 heavy (non-hydrogen) atoms. The summed E-state index contributed by atoms with van der Waals surface area (Å²) in [6, 6.07) is 1.70. The molecule has 0 amide bonds. The Labute approximate surface area is 99.6 Å². The lowest BCUT2D eigenvalue weighted by atomic mass is 9.82. The summed E-state index contributed by atoms with van der Waals surface area (Å²) in [6.07, 6.45) is 11.4. The van der Waals surface area contributed by atoms with Gasteiger partial charge < -0.3 is 10.6 Å². The Bertz CT molecular complexity index is 245. The van der Waals surface area contributed by atoms with Crippen LogP contribution in [0.25, 0.3) is 0 Å². The molecule has 0 spiro atoms. The summed E-state index contributed by atoms with van der Waals surface area (Å²) in [4.78, 5) is 0. The molecule has 3 rings (SSSR count). The van der Waals surface area contributed by atoms with Crippen molar-refractivity contribution in [3.8, 4) is 0 Å². The highest BCUT2D eigenvalue weighted by Crippen LogP contribution is 2.34. The molecule has 2 bridgehead atoms. The standard InChI is InChI=1S/C14H26N2/c1-14(7-3-2-4-8-14)15-10-11-9-12-5-6-13(11)16-12/h11-13,15-16H,2-10H2,1H3. The first-order valence-electron chi connectivity index (χ1n) is 7.26. The molecule has 0 radical (unpaired) electrons. The first-order chi connectivity index (χ1) is 7.75. The molecule has 3 atom stereocenters. The van der Waals surface area contributed by atoms with E-state index in [9.17, 15) is 0 Å². The van der Waals surface area contributed by atoms with Crippen molar-refractivity contribution >= 4 is 0 Å². The predicted molar refractivity (Wildman–Crippen MR) is 67.5 cm³/mol. The lowest BCUT2D eigenvalue weighted by Gasteiger charge is -2.36. The smallest absolute Gasteiger partial charge is 0.0153 e. The van der Waals surface area contributed by atoms with Gasteiger partial charge in [-0.1, -0.05) is 19.3 Å². The molecule has 0 aromatic heterocycles. The van der Waals surface area contributed by atoms with Crippen molar-refractivity contribution in [1.82, 2.24) is 10.6 Å². The normalized spacial score (nSPS) is 41.4. The summed E-state index contributed by atoms with van der Waals surface area (Å²) in [5, 5.41) is 7.62. The van der Waals surface area contributed by atoms with Crippen molar-refractivity contribution in [3.63, 3.8) is 0 Å². The zero-order chi connectivity index (χ0) is 11.0. The predicted octanol–water partition coefficient (Wildman–Crippen LogP) is 2.44. The maximum absolute atomic E-state index is 3.88. The minimum atomic E-state index is 0.458. The van der Waals surface area contributed by atoms with Crippen LogP contribution in [0.1, 0.15) is 58.3 Å². The van der Waals surface area contributed by atoms with Crippen LogP contribution in [0.5, 0.6) is 0 Å². The number of hydrogen-bond acceptors (Lipinski definition) is 2. The van der Waals surface area contributed by atoms with E-state index in [1.165, 1.54) is 57.9 Å². The van der Waals surface area contributed by atoms with E-state index in [4.69, 9.17) is 0 Å². The number of nitrogens with one attached hydrogen (secondary N) is 2. The quantitative estimate of drug-likeness (QED) is 0.766. The Kier molecular flexibility index (Phi) is 2.97. The summed E-state index contributed by atoms with van der Waals surface area (Å²) in [5.74, 6) is 0.914. The zero-order valence-electron chi connectivity index (χ0n) is 10.6. The van der Waals surface area contributed by atoms with Crippen LogP contribution in [0, 0.1) is 5.92 Å². The second-order valence-electron chi connectivity index (χ2n) is 6.55. The number of fused-ring (bicyclic) bond motifs is 2. The molecule has 3 fully saturated rings. The Morgan fingerprint density at radius 1 is 1.19 bits per heavy atom. The van der Waals surface area contributed by atoms with E-state index in [2.05, 4.69) is 17.6 Å². The van der Waals surface area contributed by atoms with Crippen molar-refractivity contribution < 1.29 is 0 Å². The number of hydrogen-bond donors (Lipinski definition) is 2. The fourth-order valence-electron chi connectivity index (χ4n) is 4.05. The Morgan fingerprint density at radius 3 is 2.62 bits per heavy atom. The fourth-order valence-corrected chi connectivity index (χ4v) is 4.05. The molecule has 1 saturated carbocycles. The summed E-state index contributed by atoms with van der Waals surface area (Å²) in [5.41, 5.74) is 0.458. The van der Waals surface area contributed by atoms with Crippen molar-refractivity contribution in [2.45, 2.75) is 75.9 Å². The largest absolute Gasteiger partial charge is 0.311 e. The van der Waals surface area contributed by atoms with E-state index in [1.54, 1.807) is 0 Å². The third-order valence-corrected chi connectivity index (χ3v) is 5.18. The van der Waals surface area contributed by atoms with Gasteiger partial charge in [0.05, 0.1) is 0 Å². The van der Waals surface area contributed by atoms with Gasteiger partial charge in [-0.15, -0.1) is 0 Å². The molecule has 92 valence electrons. The van der Waals surface area contributed by atoms with Gasteiger partial charge in [-0.2, -0.15) is 0 Å². The van der Waals surface area contributed by atoms with E-state index < -0.39 is 0 Å². The van der Waals surface area contributed by atoms with Crippen LogP contribution in [0.15, 0.2) is 0 Å². The SMILES string of the molecule is CC1(NCC2CC3CCC2N3)CCCCC1. The second kappa shape index (κ2) is 4.30. The van der Waals surface area contributed by atoms with Crippen LogP contribution in [-0.2, 0) is 0 Å². The van der Waals surface area contributed by atoms with E-state index in [0.29, 0.717) is 5.54 Å². The van der Waals surface area contributed by atoms with E-state index >= 15 is 0 Å². The molecule has 3 aliphatic rings. The zero-order valence-corrected chi connectivity index (χ0v) is 10.6. The molecule has 0 aromatic carbocycles. The topological polar surface area (TPSA) is 24.1 Å². The van der Waals surface area contributed by atoms with Crippen molar-refractivity contribution in [3.05, 3.63) is 0 Å². The van der Waals surface area contributed by atoms with Crippen LogP contribution in [0.4, 0.5) is 0 Å². The molecule has 2 heteroatoms. The fraction of sp³-hybridized carbons (Fsp3) is 1.00. The molecule has 2 nitrogen and oxygen atoms in total. The molecular weight excluding hydrogens is 196 g/mol. The van der Waals surface area contributed by atoms with Crippen LogP contribution in [0.3, 0.4) is 0 Å². The molecule has 2 heterocycles. The van der Waals surface area contributed by atoms with Gasteiger partial charge >= 0.3 is 0 Å². The highest BCUT2D eigenvalue weighted by atomic mass is 15.1.